The van der Waals surface area contributed by atoms with E-state index in [9.17, 15) is 18.0 Å². The van der Waals surface area contributed by atoms with E-state index in [4.69, 9.17) is 23.2 Å². The number of hydrogen-bond donors (Lipinski definition) is 3. The monoisotopic (exact) mass is 482 g/mol. The number of nitrogens with one attached hydrogen (secondary N) is 3. The predicted molar refractivity (Wildman–Crippen MR) is 118 cm³/mol. The summed E-state index contributed by atoms with van der Waals surface area (Å²) < 4.78 is 33.0. The van der Waals surface area contributed by atoms with Gasteiger partial charge in [-0.2, -0.15) is 0 Å². The summed E-state index contributed by atoms with van der Waals surface area (Å²) in [5, 5.41) is 5.59. The molecular formula is C19H16Cl2N4O5S. The van der Waals surface area contributed by atoms with E-state index in [1.807, 2.05) is 0 Å². The number of halogens is 2. The molecule has 12 heteroatoms. The zero-order valence-corrected chi connectivity index (χ0v) is 18.5. The lowest BCUT2D eigenvalue weighted by atomic mass is 10.1. The van der Waals surface area contributed by atoms with Crippen molar-refractivity contribution in [2.24, 2.45) is 0 Å². The van der Waals surface area contributed by atoms with Gasteiger partial charge < -0.3 is 15.4 Å². The number of carbonyl (C=O) groups is 2. The van der Waals surface area contributed by atoms with Crippen molar-refractivity contribution in [3.8, 4) is 0 Å². The quantitative estimate of drug-likeness (QED) is 0.473. The second-order valence-corrected chi connectivity index (χ2v) is 8.69. The van der Waals surface area contributed by atoms with E-state index in [0.29, 0.717) is 5.69 Å². The molecule has 31 heavy (non-hydrogen) atoms. The van der Waals surface area contributed by atoms with E-state index >= 15 is 0 Å². The molecule has 162 valence electrons. The highest BCUT2D eigenvalue weighted by Crippen LogP contribution is 2.34. The normalized spacial score (nSPS) is 11.1. The van der Waals surface area contributed by atoms with Gasteiger partial charge in [0.05, 0.1) is 28.2 Å². The fraction of sp³-hybridized carbons (Fsp3) is 0.105. The molecule has 0 aliphatic heterocycles. The van der Waals surface area contributed by atoms with Crippen LogP contribution in [0.15, 0.2) is 47.4 Å². The average molecular weight is 483 g/mol. The summed E-state index contributed by atoms with van der Waals surface area (Å²) in [5.74, 6) is -0.761. The molecule has 0 saturated carbocycles. The first kappa shape index (κ1) is 22.6. The Labute approximate surface area is 187 Å². The third kappa shape index (κ3) is 4.98. The van der Waals surface area contributed by atoms with Crippen LogP contribution in [0.5, 0.6) is 0 Å². The molecule has 0 unspecified atom stereocenters. The summed E-state index contributed by atoms with van der Waals surface area (Å²) in [6.45, 7) is 0. The van der Waals surface area contributed by atoms with Crippen LogP contribution in [0.4, 0.5) is 16.2 Å². The van der Waals surface area contributed by atoms with Gasteiger partial charge in [-0.15, -0.1) is 0 Å². The van der Waals surface area contributed by atoms with Gasteiger partial charge in [0.1, 0.15) is 0 Å². The van der Waals surface area contributed by atoms with Gasteiger partial charge in [0.2, 0.25) is 0 Å². The van der Waals surface area contributed by atoms with Gasteiger partial charge >= 0.3 is 12.0 Å². The van der Waals surface area contributed by atoms with Crippen LogP contribution in [0.1, 0.15) is 10.5 Å². The summed E-state index contributed by atoms with van der Waals surface area (Å²) in [4.78, 5) is 27.5. The summed E-state index contributed by atoms with van der Waals surface area (Å²) in [6, 6.07) is 9.16. The number of hydrogen-bond acceptors (Lipinski definition) is 6. The van der Waals surface area contributed by atoms with Crippen LogP contribution < -0.4 is 15.4 Å². The number of aromatic nitrogens is 1. The number of sulfonamides is 1. The number of carbonyl (C=O) groups excluding carboxylic acids is 2. The number of ether oxygens (including phenoxy) is 1. The fourth-order valence-electron chi connectivity index (χ4n) is 2.69. The van der Waals surface area contributed by atoms with E-state index in [1.54, 1.807) is 0 Å². The van der Waals surface area contributed by atoms with Gasteiger partial charge in [-0.05, 0) is 42.5 Å². The molecular weight excluding hydrogens is 467 g/mol. The molecule has 0 atom stereocenters. The van der Waals surface area contributed by atoms with Crippen molar-refractivity contribution < 1.29 is 22.7 Å². The Kier molecular flexibility index (Phi) is 6.54. The third-order valence-electron chi connectivity index (χ3n) is 4.11. The van der Waals surface area contributed by atoms with Crippen LogP contribution >= 0.6 is 23.2 Å². The number of amides is 2. The van der Waals surface area contributed by atoms with E-state index in [-0.39, 0.29) is 37.2 Å². The second-order valence-electron chi connectivity index (χ2n) is 6.16. The van der Waals surface area contributed by atoms with Gasteiger partial charge in [-0.1, -0.05) is 23.2 Å². The van der Waals surface area contributed by atoms with E-state index < -0.39 is 22.0 Å². The molecule has 3 N–H and O–H groups in total. The molecule has 0 radical (unpaired) electrons. The molecule has 0 bridgehead atoms. The van der Waals surface area contributed by atoms with E-state index in [1.165, 1.54) is 56.6 Å². The molecule has 0 aliphatic rings. The van der Waals surface area contributed by atoms with E-state index in [0.717, 1.165) is 0 Å². The van der Waals surface area contributed by atoms with Crippen LogP contribution in [0.25, 0.3) is 10.9 Å². The van der Waals surface area contributed by atoms with Crippen LogP contribution in [0.3, 0.4) is 0 Å². The topological polar surface area (TPSA) is 126 Å². The van der Waals surface area contributed by atoms with Crippen molar-refractivity contribution in [1.82, 2.24) is 10.3 Å². The molecule has 0 aliphatic carbocycles. The smallest absolute Gasteiger partial charge is 0.356 e. The summed E-state index contributed by atoms with van der Waals surface area (Å²) >= 11 is 12.3. The first-order valence-corrected chi connectivity index (χ1v) is 10.9. The number of benzene rings is 2. The van der Waals surface area contributed by atoms with Crippen LogP contribution in [-0.2, 0) is 14.8 Å². The van der Waals surface area contributed by atoms with Gasteiger partial charge in [0.25, 0.3) is 10.0 Å². The Morgan fingerprint density at radius 3 is 2.35 bits per heavy atom. The third-order valence-corrected chi connectivity index (χ3v) is 6.01. The summed E-state index contributed by atoms with van der Waals surface area (Å²) in [7, 11) is -1.45. The zero-order valence-electron chi connectivity index (χ0n) is 16.2. The highest BCUT2D eigenvalue weighted by atomic mass is 35.5. The van der Waals surface area contributed by atoms with Crippen LogP contribution in [-0.4, -0.2) is 39.6 Å². The van der Waals surface area contributed by atoms with Crippen molar-refractivity contribution in [3.63, 3.8) is 0 Å². The van der Waals surface area contributed by atoms with Gasteiger partial charge in [-0.3, -0.25) is 4.72 Å². The number of esters is 1. The van der Waals surface area contributed by atoms with Gasteiger partial charge in [-0.25, -0.2) is 23.0 Å². The number of rotatable bonds is 5. The first-order chi connectivity index (χ1) is 14.6. The van der Waals surface area contributed by atoms with Crippen molar-refractivity contribution in [2.75, 3.05) is 24.2 Å². The molecule has 9 nitrogen and oxygen atoms in total. The summed E-state index contributed by atoms with van der Waals surface area (Å²) in [5.41, 5.74) is 0.511. The average Bonchev–Trinajstić information content (AvgIpc) is 2.72. The molecule has 2 amide bonds. The number of fused-ring (bicyclic) bond motifs is 1. The number of urea groups is 1. The molecule has 2 aromatic carbocycles. The minimum Gasteiger partial charge on any atom is -0.464 e. The first-order valence-electron chi connectivity index (χ1n) is 8.64. The number of pyridine rings is 1. The lowest BCUT2D eigenvalue weighted by Crippen LogP contribution is -2.24. The van der Waals surface area contributed by atoms with Gasteiger partial charge in [0.15, 0.2) is 5.69 Å². The number of methoxy groups -OCH3 is 1. The van der Waals surface area contributed by atoms with E-state index in [2.05, 4.69) is 25.1 Å². The maximum Gasteiger partial charge on any atom is 0.356 e. The number of nitrogens with zero attached hydrogens (tertiary/aromatic N) is 1. The van der Waals surface area contributed by atoms with Crippen LogP contribution in [0, 0.1) is 0 Å². The molecule has 3 rings (SSSR count). The highest BCUT2D eigenvalue weighted by molar-refractivity contribution is 7.92. The lowest BCUT2D eigenvalue weighted by Gasteiger charge is -2.14. The van der Waals surface area contributed by atoms with Crippen molar-refractivity contribution >= 4 is 67.5 Å². The molecule has 3 aromatic rings. The Hall–Kier alpha value is -3.08. The molecule has 0 saturated heterocycles. The van der Waals surface area contributed by atoms with Crippen molar-refractivity contribution in [1.29, 1.82) is 0 Å². The highest BCUT2D eigenvalue weighted by Gasteiger charge is 2.21. The molecule has 0 spiro atoms. The fourth-order valence-corrected chi connectivity index (χ4v) is 4.34. The SMILES string of the molecule is CNC(=O)Nc1ccc(S(=O)(=O)Nc2cc(C(=O)OC)nc3cc(Cl)cc(Cl)c23)cc1. The maximum absolute atomic E-state index is 12.9. The summed E-state index contributed by atoms with van der Waals surface area (Å²) in [6.07, 6.45) is 0. The Bertz CT molecular complexity index is 1280. The molecule has 0 fully saturated rings. The van der Waals surface area contributed by atoms with Crippen LogP contribution in [0.2, 0.25) is 10.0 Å². The number of anilines is 2. The maximum atomic E-state index is 12.9. The largest absolute Gasteiger partial charge is 0.464 e. The lowest BCUT2D eigenvalue weighted by molar-refractivity contribution is 0.0594. The minimum absolute atomic E-state index is 0.0274. The molecule has 1 aromatic heterocycles. The minimum atomic E-state index is -4.08. The van der Waals surface area contributed by atoms with Crippen molar-refractivity contribution in [3.05, 3.63) is 58.2 Å². The van der Waals surface area contributed by atoms with Gasteiger partial charge in [0, 0.05) is 23.1 Å². The molecule has 1 heterocycles. The second kappa shape index (κ2) is 8.96. The Morgan fingerprint density at radius 1 is 1.06 bits per heavy atom. The standard InChI is InChI=1S/C19H16Cl2N4O5S/c1-22-19(27)23-11-3-5-12(6-4-11)31(28,29)25-15-9-16(18(26)30-2)24-14-8-10(20)7-13(21)17(14)15/h3-9H,1-2H3,(H,24,25)(H2,22,23,27). The predicted octanol–water partition coefficient (Wildman–Crippen LogP) is 3.88. The Morgan fingerprint density at radius 2 is 1.74 bits per heavy atom. The van der Waals surface area contributed by atoms with Crippen molar-refractivity contribution in [2.45, 2.75) is 4.90 Å². The Balaban J connectivity index is 2.05. The zero-order chi connectivity index (χ0) is 22.8.